The number of benzene rings is 2. The van der Waals surface area contributed by atoms with Crippen molar-refractivity contribution in [3.05, 3.63) is 62.1 Å². The van der Waals surface area contributed by atoms with E-state index in [1.807, 2.05) is 0 Å². The highest BCUT2D eigenvalue weighted by Crippen LogP contribution is 2.33. The van der Waals surface area contributed by atoms with Crippen LogP contribution in [-0.2, 0) is 14.3 Å². The molecule has 0 saturated heterocycles. The Balaban J connectivity index is 1.74. The molecule has 0 fully saturated rings. The van der Waals surface area contributed by atoms with E-state index < -0.39 is 31.0 Å². The fourth-order valence-corrected chi connectivity index (χ4v) is 2.63. The second-order valence-corrected chi connectivity index (χ2v) is 6.76. The summed E-state index contributed by atoms with van der Waals surface area (Å²) in [5.74, 6) is -2.09. The molecule has 0 radical (unpaired) electrons. The topological polar surface area (TPSA) is 93.7 Å². The summed E-state index contributed by atoms with van der Waals surface area (Å²) < 4.78 is 9.90. The summed E-state index contributed by atoms with van der Waals surface area (Å²) in [4.78, 5) is 35.2. The zero-order valence-corrected chi connectivity index (χ0v) is 17.0. The molecule has 0 spiro atoms. The molecule has 2 N–H and O–H groups in total. The van der Waals surface area contributed by atoms with Gasteiger partial charge >= 0.3 is 5.97 Å². The number of ether oxygens (including phenoxy) is 2. The molecule has 2 aromatic rings. The summed E-state index contributed by atoms with van der Waals surface area (Å²) in [6.45, 7) is -1.16. The van der Waals surface area contributed by atoms with Crippen LogP contribution >= 0.6 is 46.4 Å². The van der Waals surface area contributed by atoms with E-state index in [4.69, 9.17) is 55.9 Å². The van der Waals surface area contributed by atoms with Crippen molar-refractivity contribution in [2.24, 2.45) is 0 Å². The van der Waals surface area contributed by atoms with Crippen molar-refractivity contribution in [3.8, 4) is 5.75 Å². The normalized spacial score (nSPS) is 10.1. The van der Waals surface area contributed by atoms with E-state index in [9.17, 15) is 14.4 Å². The number of hydrogen-bond donors (Lipinski definition) is 2. The van der Waals surface area contributed by atoms with Crippen LogP contribution in [0.1, 0.15) is 10.4 Å². The van der Waals surface area contributed by atoms with Crippen LogP contribution in [0.2, 0.25) is 20.1 Å². The maximum atomic E-state index is 11.9. The van der Waals surface area contributed by atoms with Gasteiger partial charge in [0.15, 0.2) is 13.2 Å². The molecular weight excluding hydrogens is 454 g/mol. The molecule has 0 aromatic heterocycles. The van der Waals surface area contributed by atoms with Crippen LogP contribution in [0.5, 0.6) is 5.75 Å². The number of esters is 1. The molecule has 0 aliphatic carbocycles. The predicted molar refractivity (Wildman–Crippen MR) is 105 cm³/mol. The largest absolute Gasteiger partial charge is 0.480 e. The first kappa shape index (κ1) is 22.1. The van der Waals surface area contributed by atoms with E-state index in [-0.39, 0.29) is 31.4 Å². The molecule has 2 amide bonds. The van der Waals surface area contributed by atoms with Crippen LogP contribution in [0.15, 0.2) is 36.4 Å². The Hall–Kier alpha value is -2.19. The van der Waals surface area contributed by atoms with E-state index >= 15 is 0 Å². The van der Waals surface area contributed by atoms with E-state index in [0.29, 0.717) is 0 Å². The molecule has 7 nitrogen and oxygen atoms in total. The fraction of sp³-hybridized carbons (Fsp3) is 0.118. The van der Waals surface area contributed by atoms with Gasteiger partial charge in [0, 0.05) is 6.07 Å². The van der Waals surface area contributed by atoms with Gasteiger partial charge in [-0.15, -0.1) is 0 Å². The number of nitrogens with one attached hydrogen (secondary N) is 2. The smallest absolute Gasteiger partial charge is 0.344 e. The third-order valence-electron chi connectivity index (χ3n) is 3.12. The minimum absolute atomic E-state index is 0.129. The van der Waals surface area contributed by atoms with Crippen LogP contribution in [0.4, 0.5) is 0 Å². The van der Waals surface area contributed by atoms with Crippen LogP contribution in [-0.4, -0.2) is 31.0 Å². The second-order valence-electron chi connectivity index (χ2n) is 5.13. The van der Waals surface area contributed by atoms with Crippen molar-refractivity contribution < 1.29 is 23.9 Å². The predicted octanol–water partition coefficient (Wildman–Crippen LogP) is 3.68. The van der Waals surface area contributed by atoms with E-state index in [1.165, 1.54) is 24.3 Å². The van der Waals surface area contributed by atoms with Crippen molar-refractivity contribution in [1.29, 1.82) is 0 Å². The molecule has 148 valence electrons. The number of hydrogen-bond acceptors (Lipinski definition) is 5. The molecule has 11 heteroatoms. The Bertz CT molecular complexity index is 907. The van der Waals surface area contributed by atoms with Crippen LogP contribution in [0.25, 0.3) is 0 Å². The van der Waals surface area contributed by atoms with Crippen LogP contribution in [0, 0.1) is 0 Å². The van der Waals surface area contributed by atoms with E-state index in [1.54, 1.807) is 12.1 Å². The van der Waals surface area contributed by atoms with Gasteiger partial charge in [-0.05, 0) is 18.2 Å². The quantitative estimate of drug-likeness (QED) is 0.385. The summed E-state index contributed by atoms with van der Waals surface area (Å²) in [6.07, 6.45) is 0. The molecule has 28 heavy (non-hydrogen) atoms. The van der Waals surface area contributed by atoms with Crippen LogP contribution < -0.4 is 15.6 Å². The van der Waals surface area contributed by atoms with Gasteiger partial charge < -0.3 is 9.47 Å². The number of hydrazine groups is 1. The molecule has 0 aliphatic heterocycles. The average molecular weight is 466 g/mol. The Labute approximate surface area is 179 Å². The van der Waals surface area contributed by atoms with Gasteiger partial charge in [-0.25, -0.2) is 4.79 Å². The number of amides is 2. The van der Waals surface area contributed by atoms with Gasteiger partial charge in [0.05, 0.1) is 25.7 Å². The summed E-state index contributed by atoms with van der Waals surface area (Å²) in [7, 11) is 0. The summed E-state index contributed by atoms with van der Waals surface area (Å²) in [5.41, 5.74) is 4.42. The highest BCUT2D eigenvalue weighted by molar-refractivity contribution is 6.43. The monoisotopic (exact) mass is 464 g/mol. The second kappa shape index (κ2) is 10.4. The third-order valence-corrected chi connectivity index (χ3v) is 4.47. The van der Waals surface area contributed by atoms with Crippen molar-refractivity contribution in [2.45, 2.75) is 0 Å². The Morgan fingerprint density at radius 1 is 0.821 bits per heavy atom. The summed E-state index contributed by atoms with van der Waals surface area (Å²) >= 11 is 23.4. The van der Waals surface area contributed by atoms with Gasteiger partial charge in [0.25, 0.3) is 11.8 Å². The number of halogens is 4. The van der Waals surface area contributed by atoms with Gasteiger partial charge in [0.1, 0.15) is 5.75 Å². The first-order valence-electron chi connectivity index (χ1n) is 7.54. The standard InChI is InChI=1S/C17H12Cl4N2O5/c18-10-4-2-1-3-9(10)17(26)23-22-15(24)7-28-16(25)8-27-14-6-12(20)11(19)5-13(14)21/h1-6H,7-8H2,(H,22,24)(H,23,26). The van der Waals surface area contributed by atoms with E-state index in [0.717, 1.165) is 0 Å². The summed E-state index contributed by atoms with van der Waals surface area (Å²) in [5, 5.41) is 0.807. The zero-order valence-electron chi connectivity index (χ0n) is 13.9. The van der Waals surface area contributed by atoms with Gasteiger partial charge in [-0.1, -0.05) is 58.5 Å². The molecule has 0 aliphatic rings. The highest BCUT2D eigenvalue weighted by Gasteiger charge is 2.13. The molecule has 2 aromatic carbocycles. The lowest BCUT2D eigenvalue weighted by atomic mass is 10.2. The highest BCUT2D eigenvalue weighted by atomic mass is 35.5. The summed E-state index contributed by atoms with van der Waals surface area (Å²) in [6, 6.07) is 8.99. The Morgan fingerprint density at radius 3 is 2.21 bits per heavy atom. The van der Waals surface area contributed by atoms with E-state index in [2.05, 4.69) is 10.9 Å². The lowest BCUT2D eigenvalue weighted by Crippen LogP contribution is -2.43. The number of carbonyl (C=O) groups excluding carboxylic acids is 3. The molecule has 2 rings (SSSR count). The molecular formula is C17H12Cl4N2O5. The fourth-order valence-electron chi connectivity index (χ4n) is 1.81. The third kappa shape index (κ3) is 6.45. The molecule has 0 bridgehead atoms. The Morgan fingerprint density at radius 2 is 1.50 bits per heavy atom. The van der Waals surface area contributed by atoms with Gasteiger partial charge in [0.2, 0.25) is 0 Å². The van der Waals surface area contributed by atoms with Crippen molar-refractivity contribution >= 4 is 64.2 Å². The molecule has 0 heterocycles. The Kier molecular flexibility index (Phi) is 8.19. The zero-order chi connectivity index (χ0) is 20.7. The maximum Gasteiger partial charge on any atom is 0.344 e. The van der Waals surface area contributed by atoms with Gasteiger partial charge in [-0.3, -0.25) is 20.4 Å². The number of carbonyl (C=O) groups is 3. The molecule has 0 atom stereocenters. The number of rotatable bonds is 6. The SMILES string of the molecule is O=C(COC(=O)COc1cc(Cl)c(Cl)cc1Cl)NNC(=O)c1ccccc1Cl. The molecule has 0 saturated carbocycles. The first-order valence-corrected chi connectivity index (χ1v) is 9.05. The van der Waals surface area contributed by atoms with Crippen LogP contribution in [0.3, 0.4) is 0 Å². The lowest BCUT2D eigenvalue weighted by molar-refractivity contribution is -0.150. The average Bonchev–Trinajstić information content (AvgIpc) is 2.66. The van der Waals surface area contributed by atoms with Gasteiger partial charge in [-0.2, -0.15) is 0 Å². The van der Waals surface area contributed by atoms with Crippen molar-refractivity contribution in [3.63, 3.8) is 0 Å². The maximum absolute atomic E-state index is 11.9. The van der Waals surface area contributed by atoms with Crippen molar-refractivity contribution in [2.75, 3.05) is 13.2 Å². The lowest BCUT2D eigenvalue weighted by Gasteiger charge is -2.10. The van der Waals surface area contributed by atoms with Crippen molar-refractivity contribution in [1.82, 2.24) is 10.9 Å². The first-order chi connectivity index (χ1) is 13.3. The minimum atomic E-state index is -0.838. The molecule has 0 unspecified atom stereocenters. The minimum Gasteiger partial charge on any atom is -0.480 e.